The Kier molecular flexibility index (Phi) is 5.63. The molecule has 1 aromatic heterocycles. The number of nitrogens with one attached hydrogen (secondary N) is 3. The third-order valence-corrected chi connectivity index (χ3v) is 4.07. The van der Waals surface area contributed by atoms with Gasteiger partial charge in [-0.1, -0.05) is 30.3 Å². The van der Waals surface area contributed by atoms with Crippen LogP contribution in [0.25, 0.3) is 10.9 Å². The van der Waals surface area contributed by atoms with Gasteiger partial charge in [0, 0.05) is 30.2 Å². The van der Waals surface area contributed by atoms with Gasteiger partial charge in [-0.2, -0.15) is 0 Å². The van der Waals surface area contributed by atoms with Gasteiger partial charge >= 0.3 is 0 Å². The molecule has 0 aliphatic rings. The van der Waals surface area contributed by atoms with Gasteiger partial charge in [0.15, 0.2) is 0 Å². The molecule has 1 heterocycles. The maximum atomic E-state index is 12.8. The molecular weight excluding hydrogens is 333 g/mol. The number of fused-ring (bicyclic) bond motifs is 1. The quantitative estimate of drug-likeness (QED) is 0.570. The summed E-state index contributed by atoms with van der Waals surface area (Å²) in [6, 6.07) is 13.6. The summed E-state index contributed by atoms with van der Waals surface area (Å²) in [5, 5.41) is 6.57. The van der Waals surface area contributed by atoms with Gasteiger partial charge in [-0.15, -0.1) is 0 Å². The molecule has 3 N–H and O–H groups in total. The second-order valence-corrected chi connectivity index (χ2v) is 6.04. The number of amides is 2. The molecule has 2 amide bonds. The van der Waals surface area contributed by atoms with Crippen LogP contribution < -0.4 is 10.6 Å². The Balaban J connectivity index is 1.38. The van der Waals surface area contributed by atoms with E-state index in [-0.39, 0.29) is 30.5 Å². The largest absolute Gasteiger partial charge is 0.361 e. The molecule has 0 saturated carbocycles. The molecule has 134 valence electrons. The Morgan fingerprint density at radius 2 is 1.54 bits per heavy atom. The number of carbonyl (C=O) groups is 2. The van der Waals surface area contributed by atoms with Crippen molar-refractivity contribution in [1.82, 2.24) is 15.6 Å². The number of para-hydroxylation sites is 1. The number of aromatic amines is 1. The summed E-state index contributed by atoms with van der Waals surface area (Å²) in [6.07, 6.45) is 2.31. The average molecular weight is 353 g/mol. The average Bonchev–Trinajstić information content (AvgIpc) is 3.04. The number of aromatic nitrogens is 1. The predicted octanol–water partition coefficient (Wildman–Crippen LogP) is 2.32. The molecule has 6 heteroatoms. The van der Waals surface area contributed by atoms with E-state index in [0.717, 1.165) is 22.0 Å². The van der Waals surface area contributed by atoms with Crippen molar-refractivity contribution in [3.8, 4) is 0 Å². The Labute approximate surface area is 150 Å². The zero-order chi connectivity index (χ0) is 18.4. The predicted molar refractivity (Wildman–Crippen MR) is 98.1 cm³/mol. The molecule has 0 aliphatic heterocycles. The topological polar surface area (TPSA) is 74.0 Å². The summed E-state index contributed by atoms with van der Waals surface area (Å²) in [5.41, 5.74) is 2.69. The first-order valence-corrected chi connectivity index (χ1v) is 8.44. The highest BCUT2D eigenvalue weighted by Crippen LogP contribution is 2.17. The number of H-pyrrole nitrogens is 1. The minimum absolute atomic E-state index is 0.0949. The summed E-state index contributed by atoms with van der Waals surface area (Å²) in [6.45, 7) is 0.704. The lowest BCUT2D eigenvalue weighted by molar-refractivity contribution is -0.122. The van der Waals surface area contributed by atoms with Crippen LogP contribution in [0.3, 0.4) is 0 Å². The van der Waals surface area contributed by atoms with E-state index in [9.17, 15) is 14.0 Å². The molecule has 0 fully saturated rings. The molecule has 0 aliphatic carbocycles. The van der Waals surface area contributed by atoms with Crippen LogP contribution in [0.2, 0.25) is 0 Å². The summed E-state index contributed by atoms with van der Waals surface area (Å²) < 4.78 is 12.8. The molecule has 0 bridgehead atoms. The van der Waals surface area contributed by atoms with Gasteiger partial charge in [0.05, 0.1) is 12.8 Å². The molecule has 0 saturated heterocycles. The maximum absolute atomic E-state index is 12.8. The lowest BCUT2D eigenvalue weighted by atomic mass is 10.1. The highest BCUT2D eigenvalue weighted by molar-refractivity contribution is 5.88. The summed E-state index contributed by atoms with van der Waals surface area (Å²) >= 11 is 0. The molecule has 5 nitrogen and oxygen atoms in total. The molecule has 2 aromatic carbocycles. The molecule has 0 unspecified atom stereocenters. The van der Waals surface area contributed by atoms with Crippen molar-refractivity contribution >= 4 is 22.7 Å². The third kappa shape index (κ3) is 4.69. The summed E-state index contributed by atoms with van der Waals surface area (Å²) in [4.78, 5) is 27.0. The number of carbonyl (C=O) groups excluding carboxylic acids is 2. The first kappa shape index (κ1) is 17.7. The van der Waals surface area contributed by atoms with E-state index in [2.05, 4.69) is 15.6 Å². The van der Waals surface area contributed by atoms with Crippen LogP contribution in [-0.2, 0) is 22.4 Å². The Bertz CT molecular complexity index is 903. The van der Waals surface area contributed by atoms with Crippen molar-refractivity contribution in [2.24, 2.45) is 0 Å². The monoisotopic (exact) mass is 353 g/mol. The molecule has 0 radical (unpaired) electrons. The van der Waals surface area contributed by atoms with Crippen LogP contribution in [0.15, 0.2) is 54.7 Å². The van der Waals surface area contributed by atoms with Gasteiger partial charge in [-0.25, -0.2) is 4.39 Å². The van der Waals surface area contributed by atoms with Crippen LogP contribution >= 0.6 is 0 Å². The van der Waals surface area contributed by atoms with Crippen molar-refractivity contribution < 1.29 is 14.0 Å². The SMILES string of the molecule is O=C(Cc1ccc(F)cc1)NCCNC(=O)Cc1c[nH]c2ccccc12. The van der Waals surface area contributed by atoms with Crippen molar-refractivity contribution in [2.75, 3.05) is 13.1 Å². The number of benzene rings is 2. The van der Waals surface area contributed by atoms with Gasteiger partial charge in [-0.05, 0) is 29.3 Å². The molecule has 3 rings (SSSR count). The Hall–Kier alpha value is -3.15. The fourth-order valence-electron chi connectivity index (χ4n) is 2.77. The van der Waals surface area contributed by atoms with E-state index >= 15 is 0 Å². The van der Waals surface area contributed by atoms with Crippen LogP contribution in [0, 0.1) is 5.82 Å². The highest BCUT2D eigenvalue weighted by atomic mass is 19.1. The molecule has 0 atom stereocenters. The normalized spacial score (nSPS) is 10.7. The van der Waals surface area contributed by atoms with Crippen molar-refractivity contribution in [3.63, 3.8) is 0 Å². The fourth-order valence-corrected chi connectivity index (χ4v) is 2.77. The summed E-state index contributed by atoms with van der Waals surface area (Å²) in [7, 11) is 0. The molecule has 26 heavy (non-hydrogen) atoms. The lowest BCUT2D eigenvalue weighted by Gasteiger charge is -2.07. The second kappa shape index (κ2) is 8.29. The second-order valence-electron chi connectivity index (χ2n) is 6.04. The lowest BCUT2D eigenvalue weighted by Crippen LogP contribution is -2.35. The van der Waals surface area contributed by atoms with Crippen LogP contribution in [-0.4, -0.2) is 29.9 Å². The number of halogens is 1. The third-order valence-electron chi connectivity index (χ3n) is 4.07. The highest BCUT2D eigenvalue weighted by Gasteiger charge is 2.08. The van der Waals surface area contributed by atoms with E-state index in [0.29, 0.717) is 13.1 Å². The number of hydrogen-bond donors (Lipinski definition) is 3. The van der Waals surface area contributed by atoms with Crippen LogP contribution in [0.5, 0.6) is 0 Å². The first-order valence-electron chi connectivity index (χ1n) is 8.44. The molecule has 3 aromatic rings. The fraction of sp³-hybridized carbons (Fsp3) is 0.200. The van der Waals surface area contributed by atoms with Crippen LogP contribution in [0.1, 0.15) is 11.1 Å². The minimum atomic E-state index is -0.327. The number of hydrogen-bond acceptors (Lipinski definition) is 2. The number of rotatable bonds is 7. The standard InChI is InChI=1S/C20H20FN3O2/c21-16-7-5-14(6-8-16)11-19(25)22-9-10-23-20(26)12-15-13-24-18-4-2-1-3-17(15)18/h1-8,13,24H,9-12H2,(H,22,25)(H,23,26). The van der Waals surface area contributed by atoms with Crippen molar-refractivity contribution in [3.05, 3.63) is 71.7 Å². The van der Waals surface area contributed by atoms with E-state index in [1.807, 2.05) is 30.5 Å². The van der Waals surface area contributed by atoms with E-state index in [1.165, 1.54) is 12.1 Å². The van der Waals surface area contributed by atoms with Gasteiger partial charge in [0.2, 0.25) is 11.8 Å². The van der Waals surface area contributed by atoms with Gasteiger partial charge in [0.1, 0.15) is 5.82 Å². The molecule has 0 spiro atoms. The summed E-state index contributed by atoms with van der Waals surface area (Å²) in [5.74, 6) is -0.586. The smallest absolute Gasteiger partial charge is 0.224 e. The van der Waals surface area contributed by atoms with E-state index < -0.39 is 0 Å². The van der Waals surface area contributed by atoms with Gasteiger partial charge in [0.25, 0.3) is 0 Å². The Morgan fingerprint density at radius 1 is 0.885 bits per heavy atom. The van der Waals surface area contributed by atoms with Crippen molar-refractivity contribution in [2.45, 2.75) is 12.8 Å². The van der Waals surface area contributed by atoms with Crippen LogP contribution in [0.4, 0.5) is 4.39 Å². The first-order chi connectivity index (χ1) is 12.6. The zero-order valence-corrected chi connectivity index (χ0v) is 14.2. The molecular formula is C20H20FN3O2. The van der Waals surface area contributed by atoms with E-state index in [4.69, 9.17) is 0 Å². The van der Waals surface area contributed by atoms with E-state index in [1.54, 1.807) is 12.1 Å². The maximum Gasteiger partial charge on any atom is 0.224 e. The van der Waals surface area contributed by atoms with Gasteiger partial charge in [-0.3, -0.25) is 9.59 Å². The van der Waals surface area contributed by atoms with Gasteiger partial charge < -0.3 is 15.6 Å². The van der Waals surface area contributed by atoms with Crippen molar-refractivity contribution in [1.29, 1.82) is 0 Å². The minimum Gasteiger partial charge on any atom is -0.361 e. The Morgan fingerprint density at radius 3 is 2.27 bits per heavy atom. The zero-order valence-electron chi connectivity index (χ0n) is 14.2.